The number of ether oxygens (including phenoxy) is 1. The molecule has 0 fully saturated rings. The zero-order chi connectivity index (χ0) is 17.0. The van der Waals surface area contributed by atoms with Crippen LogP contribution in [0.1, 0.15) is 28.9 Å². The molecule has 0 aliphatic carbocycles. The second-order valence-corrected chi connectivity index (χ2v) is 5.52. The minimum absolute atomic E-state index is 0.0106. The van der Waals surface area contributed by atoms with E-state index in [-0.39, 0.29) is 11.3 Å². The molecule has 0 aliphatic rings. The molecule has 2 rings (SSSR count). The standard InChI is InChI=1S/C17H17ClFNO3/c1-10(16(21)11-6-8-12(18)9-7-11)20-17(22)13-4-3-5-14(23-2)15(13)19/h3-10,16,21H,1-2H3,(H,20,22). The van der Waals surface area contributed by atoms with E-state index in [2.05, 4.69) is 5.32 Å². The molecular formula is C17H17ClFNO3. The summed E-state index contributed by atoms with van der Waals surface area (Å²) in [4.78, 5) is 12.2. The lowest BCUT2D eigenvalue weighted by atomic mass is 10.0. The van der Waals surface area contributed by atoms with Crippen LogP contribution in [-0.4, -0.2) is 24.2 Å². The fourth-order valence-corrected chi connectivity index (χ4v) is 2.28. The first kappa shape index (κ1) is 17.2. The summed E-state index contributed by atoms with van der Waals surface area (Å²) in [5.41, 5.74) is 0.466. The molecule has 0 aromatic heterocycles. The lowest BCUT2D eigenvalue weighted by molar-refractivity contribution is 0.0847. The van der Waals surface area contributed by atoms with Crippen molar-refractivity contribution in [2.75, 3.05) is 7.11 Å². The van der Waals surface area contributed by atoms with Crippen LogP contribution >= 0.6 is 11.6 Å². The highest BCUT2D eigenvalue weighted by Gasteiger charge is 2.22. The number of hydrogen-bond donors (Lipinski definition) is 2. The van der Waals surface area contributed by atoms with E-state index in [1.54, 1.807) is 31.2 Å². The average Bonchev–Trinajstić information content (AvgIpc) is 2.55. The minimum Gasteiger partial charge on any atom is -0.494 e. The molecule has 0 saturated carbocycles. The van der Waals surface area contributed by atoms with Gasteiger partial charge in [-0.3, -0.25) is 4.79 Å². The zero-order valence-electron chi connectivity index (χ0n) is 12.7. The second kappa shape index (κ2) is 7.44. The molecule has 6 heteroatoms. The number of benzene rings is 2. The Morgan fingerprint density at radius 3 is 2.52 bits per heavy atom. The Kier molecular flexibility index (Phi) is 5.58. The van der Waals surface area contributed by atoms with Crippen molar-refractivity contribution in [1.29, 1.82) is 0 Å². The molecule has 0 radical (unpaired) electrons. The van der Waals surface area contributed by atoms with E-state index in [0.717, 1.165) is 0 Å². The molecule has 0 spiro atoms. The lowest BCUT2D eigenvalue weighted by Gasteiger charge is -2.21. The van der Waals surface area contributed by atoms with Gasteiger partial charge in [0, 0.05) is 5.02 Å². The van der Waals surface area contributed by atoms with Gasteiger partial charge in [-0.2, -0.15) is 0 Å². The maximum atomic E-state index is 14.1. The molecule has 1 amide bonds. The van der Waals surface area contributed by atoms with Gasteiger partial charge in [-0.1, -0.05) is 29.8 Å². The summed E-state index contributed by atoms with van der Waals surface area (Å²) >= 11 is 5.80. The van der Waals surface area contributed by atoms with E-state index in [4.69, 9.17) is 16.3 Å². The number of halogens is 2. The molecule has 0 bridgehead atoms. The lowest BCUT2D eigenvalue weighted by Crippen LogP contribution is -2.37. The second-order valence-electron chi connectivity index (χ2n) is 5.08. The van der Waals surface area contributed by atoms with Crippen LogP contribution in [0.5, 0.6) is 5.75 Å². The zero-order valence-corrected chi connectivity index (χ0v) is 13.5. The van der Waals surface area contributed by atoms with Crippen molar-refractivity contribution in [3.05, 3.63) is 64.4 Å². The number of nitrogens with one attached hydrogen (secondary N) is 1. The quantitative estimate of drug-likeness (QED) is 0.879. The number of carbonyl (C=O) groups is 1. The summed E-state index contributed by atoms with van der Waals surface area (Å²) < 4.78 is 18.9. The highest BCUT2D eigenvalue weighted by molar-refractivity contribution is 6.30. The van der Waals surface area contributed by atoms with E-state index in [1.807, 2.05) is 0 Å². The van der Waals surface area contributed by atoms with Gasteiger partial charge in [0.25, 0.3) is 5.91 Å². The third-order valence-electron chi connectivity index (χ3n) is 3.47. The number of methoxy groups -OCH3 is 1. The normalized spacial score (nSPS) is 13.3. The fraction of sp³-hybridized carbons (Fsp3) is 0.235. The van der Waals surface area contributed by atoms with Crippen LogP contribution < -0.4 is 10.1 Å². The first-order valence-corrected chi connectivity index (χ1v) is 7.38. The molecule has 4 nitrogen and oxygen atoms in total. The van der Waals surface area contributed by atoms with Crippen molar-refractivity contribution in [1.82, 2.24) is 5.32 Å². The molecular weight excluding hydrogens is 321 g/mol. The highest BCUT2D eigenvalue weighted by Crippen LogP contribution is 2.22. The van der Waals surface area contributed by atoms with Crippen molar-refractivity contribution < 1.29 is 19.0 Å². The van der Waals surface area contributed by atoms with Gasteiger partial charge in [-0.15, -0.1) is 0 Å². The summed E-state index contributed by atoms with van der Waals surface area (Å²) in [5.74, 6) is -1.37. The van der Waals surface area contributed by atoms with Crippen molar-refractivity contribution in [3.8, 4) is 5.75 Å². The molecule has 2 atom stereocenters. The number of carbonyl (C=O) groups excluding carboxylic acids is 1. The van der Waals surface area contributed by atoms with Crippen molar-refractivity contribution in [3.63, 3.8) is 0 Å². The number of aliphatic hydroxyl groups is 1. The van der Waals surface area contributed by atoms with E-state index in [9.17, 15) is 14.3 Å². The third-order valence-corrected chi connectivity index (χ3v) is 3.72. The van der Waals surface area contributed by atoms with Crippen LogP contribution in [0.15, 0.2) is 42.5 Å². The van der Waals surface area contributed by atoms with Gasteiger partial charge in [0.05, 0.1) is 24.8 Å². The molecule has 2 N–H and O–H groups in total. The van der Waals surface area contributed by atoms with Crippen LogP contribution in [0, 0.1) is 5.82 Å². The Bertz CT molecular complexity index is 691. The number of aliphatic hydroxyl groups excluding tert-OH is 1. The smallest absolute Gasteiger partial charge is 0.254 e. The van der Waals surface area contributed by atoms with E-state index in [1.165, 1.54) is 25.3 Å². The molecule has 2 aromatic carbocycles. The Labute approximate surface area is 138 Å². The van der Waals surface area contributed by atoms with Gasteiger partial charge in [-0.05, 0) is 36.8 Å². The summed E-state index contributed by atoms with van der Waals surface area (Å²) in [6, 6.07) is 10.3. The first-order valence-electron chi connectivity index (χ1n) is 7.01. The topological polar surface area (TPSA) is 58.6 Å². The summed E-state index contributed by atoms with van der Waals surface area (Å²) in [5, 5.41) is 13.4. The largest absolute Gasteiger partial charge is 0.494 e. The molecule has 2 aromatic rings. The fourth-order valence-electron chi connectivity index (χ4n) is 2.16. The van der Waals surface area contributed by atoms with Crippen LogP contribution in [0.3, 0.4) is 0 Å². The SMILES string of the molecule is COc1cccc(C(=O)NC(C)C(O)c2ccc(Cl)cc2)c1F. The Hall–Kier alpha value is -2.11. The van der Waals surface area contributed by atoms with E-state index in [0.29, 0.717) is 10.6 Å². The summed E-state index contributed by atoms with van der Waals surface area (Å²) in [7, 11) is 1.33. The van der Waals surface area contributed by atoms with Crippen LogP contribution in [-0.2, 0) is 0 Å². The number of amides is 1. The van der Waals surface area contributed by atoms with Crippen molar-refractivity contribution >= 4 is 17.5 Å². The van der Waals surface area contributed by atoms with E-state index < -0.39 is 23.9 Å². The molecule has 23 heavy (non-hydrogen) atoms. The highest BCUT2D eigenvalue weighted by atomic mass is 35.5. The molecule has 0 saturated heterocycles. The van der Waals surface area contributed by atoms with Crippen LogP contribution in [0.4, 0.5) is 4.39 Å². The van der Waals surface area contributed by atoms with Gasteiger partial charge in [0.2, 0.25) is 0 Å². The summed E-state index contributed by atoms with van der Waals surface area (Å²) in [6.45, 7) is 1.63. The number of hydrogen-bond acceptors (Lipinski definition) is 3. The molecule has 122 valence electrons. The monoisotopic (exact) mass is 337 g/mol. The minimum atomic E-state index is -0.940. The van der Waals surface area contributed by atoms with Crippen LogP contribution in [0.2, 0.25) is 5.02 Å². The predicted octanol–water partition coefficient (Wildman–Crippen LogP) is 3.34. The Morgan fingerprint density at radius 2 is 1.91 bits per heavy atom. The van der Waals surface area contributed by atoms with Gasteiger partial charge in [0.15, 0.2) is 11.6 Å². The Balaban J connectivity index is 2.12. The van der Waals surface area contributed by atoms with Crippen molar-refractivity contribution in [2.24, 2.45) is 0 Å². The Morgan fingerprint density at radius 1 is 1.26 bits per heavy atom. The van der Waals surface area contributed by atoms with E-state index >= 15 is 0 Å². The van der Waals surface area contributed by atoms with Gasteiger partial charge in [0.1, 0.15) is 0 Å². The van der Waals surface area contributed by atoms with Gasteiger partial charge < -0.3 is 15.2 Å². The molecule has 0 heterocycles. The van der Waals surface area contributed by atoms with Gasteiger partial charge in [-0.25, -0.2) is 4.39 Å². The first-order chi connectivity index (χ1) is 10.9. The van der Waals surface area contributed by atoms with Crippen molar-refractivity contribution in [2.45, 2.75) is 19.1 Å². The molecule has 0 aliphatic heterocycles. The van der Waals surface area contributed by atoms with Crippen LogP contribution in [0.25, 0.3) is 0 Å². The summed E-state index contributed by atoms with van der Waals surface area (Å²) in [6.07, 6.45) is -0.940. The van der Waals surface area contributed by atoms with Gasteiger partial charge >= 0.3 is 0 Å². The third kappa shape index (κ3) is 4.00. The maximum Gasteiger partial charge on any atom is 0.254 e. The maximum absolute atomic E-state index is 14.1. The molecule has 2 unspecified atom stereocenters. The predicted molar refractivity (Wildman–Crippen MR) is 86.3 cm³/mol. The average molecular weight is 338 g/mol. The number of rotatable bonds is 5.